The molecule has 1 aromatic rings. The second-order valence-electron chi connectivity index (χ2n) is 3.61. The SMILES string of the molecule is CCOC(=O)C(CO)c1ccc(C(F)(F)F)cc1. The van der Waals surface area contributed by atoms with Crippen LogP contribution in [0.1, 0.15) is 24.0 Å². The molecule has 0 amide bonds. The normalized spacial score (nSPS) is 13.2. The van der Waals surface area contributed by atoms with Gasteiger partial charge in [-0.25, -0.2) is 0 Å². The van der Waals surface area contributed by atoms with Crippen molar-refractivity contribution >= 4 is 5.97 Å². The number of esters is 1. The standard InChI is InChI=1S/C12H13F3O3/c1-2-18-11(17)10(7-16)8-3-5-9(6-4-8)12(13,14)15/h3-6,10,16H,2,7H2,1H3. The molecule has 0 aliphatic carbocycles. The predicted octanol–water partition coefficient (Wildman–Crippen LogP) is 2.34. The van der Waals surface area contributed by atoms with Crippen molar-refractivity contribution in [3.8, 4) is 0 Å². The summed E-state index contributed by atoms with van der Waals surface area (Å²) in [6, 6.07) is 4.08. The summed E-state index contributed by atoms with van der Waals surface area (Å²) in [5.41, 5.74) is -0.504. The van der Waals surface area contributed by atoms with Gasteiger partial charge < -0.3 is 9.84 Å². The van der Waals surface area contributed by atoms with Crippen LogP contribution in [0.25, 0.3) is 0 Å². The number of halogens is 3. The van der Waals surface area contributed by atoms with Gasteiger partial charge in [0.25, 0.3) is 0 Å². The molecule has 18 heavy (non-hydrogen) atoms. The minimum Gasteiger partial charge on any atom is -0.465 e. The molecule has 0 aromatic heterocycles. The summed E-state index contributed by atoms with van der Waals surface area (Å²) in [4.78, 5) is 11.5. The van der Waals surface area contributed by atoms with Crippen LogP contribution < -0.4 is 0 Å². The van der Waals surface area contributed by atoms with Gasteiger partial charge in [0.15, 0.2) is 0 Å². The topological polar surface area (TPSA) is 46.5 Å². The van der Waals surface area contributed by atoms with Crippen LogP contribution in [0.4, 0.5) is 13.2 Å². The van der Waals surface area contributed by atoms with Crippen LogP contribution in [0.5, 0.6) is 0 Å². The first-order chi connectivity index (χ1) is 8.40. The smallest absolute Gasteiger partial charge is 0.416 e. The van der Waals surface area contributed by atoms with E-state index in [9.17, 15) is 18.0 Å². The molecular formula is C12H13F3O3. The average Bonchev–Trinajstić information content (AvgIpc) is 2.30. The Morgan fingerprint density at radius 1 is 1.33 bits per heavy atom. The Balaban J connectivity index is 2.92. The fourth-order valence-electron chi connectivity index (χ4n) is 1.46. The maximum Gasteiger partial charge on any atom is 0.416 e. The molecule has 3 nitrogen and oxygen atoms in total. The Hall–Kier alpha value is -1.56. The van der Waals surface area contributed by atoms with E-state index in [0.29, 0.717) is 5.56 Å². The maximum absolute atomic E-state index is 12.3. The Kier molecular flexibility index (Phi) is 4.72. The minimum absolute atomic E-state index is 0.149. The van der Waals surface area contributed by atoms with Crippen LogP contribution in [0.3, 0.4) is 0 Å². The fraction of sp³-hybridized carbons (Fsp3) is 0.417. The number of rotatable bonds is 4. The first-order valence-electron chi connectivity index (χ1n) is 5.34. The number of aliphatic hydroxyl groups excluding tert-OH is 1. The molecule has 0 saturated carbocycles. The molecule has 0 bridgehead atoms. The first-order valence-corrected chi connectivity index (χ1v) is 5.34. The monoisotopic (exact) mass is 262 g/mol. The lowest BCUT2D eigenvalue weighted by atomic mass is 9.99. The van der Waals surface area contributed by atoms with E-state index in [1.807, 2.05) is 0 Å². The summed E-state index contributed by atoms with van der Waals surface area (Å²) in [6.45, 7) is 1.25. The highest BCUT2D eigenvalue weighted by Crippen LogP contribution is 2.30. The molecule has 0 saturated heterocycles. The molecule has 1 aromatic carbocycles. The third-order valence-corrected chi connectivity index (χ3v) is 2.39. The van der Waals surface area contributed by atoms with Crippen molar-refractivity contribution in [1.29, 1.82) is 0 Å². The van der Waals surface area contributed by atoms with Gasteiger partial charge in [0.05, 0.1) is 18.8 Å². The molecule has 0 heterocycles. The zero-order chi connectivity index (χ0) is 13.8. The van der Waals surface area contributed by atoms with Gasteiger partial charge in [0.1, 0.15) is 5.92 Å². The van der Waals surface area contributed by atoms with Gasteiger partial charge in [-0.05, 0) is 24.6 Å². The molecule has 1 N–H and O–H groups in total. The zero-order valence-electron chi connectivity index (χ0n) is 9.70. The molecule has 1 unspecified atom stereocenters. The van der Waals surface area contributed by atoms with Crippen molar-refractivity contribution < 1.29 is 27.8 Å². The lowest BCUT2D eigenvalue weighted by Gasteiger charge is -2.14. The summed E-state index contributed by atoms with van der Waals surface area (Å²) in [5, 5.41) is 9.08. The molecule has 100 valence electrons. The largest absolute Gasteiger partial charge is 0.465 e. The van der Waals surface area contributed by atoms with E-state index in [4.69, 9.17) is 9.84 Å². The van der Waals surface area contributed by atoms with E-state index in [1.165, 1.54) is 12.1 Å². The van der Waals surface area contributed by atoms with E-state index in [1.54, 1.807) is 6.92 Å². The molecule has 6 heteroatoms. The Labute approximate surface area is 102 Å². The van der Waals surface area contributed by atoms with E-state index in [0.717, 1.165) is 12.1 Å². The second-order valence-corrected chi connectivity index (χ2v) is 3.61. The zero-order valence-corrected chi connectivity index (χ0v) is 9.70. The van der Waals surface area contributed by atoms with E-state index in [-0.39, 0.29) is 6.61 Å². The van der Waals surface area contributed by atoms with Crippen LogP contribution in [-0.4, -0.2) is 24.3 Å². The van der Waals surface area contributed by atoms with E-state index in [2.05, 4.69) is 0 Å². The predicted molar refractivity (Wildman–Crippen MR) is 57.9 cm³/mol. The average molecular weight is 262 g/mol. The highest BCUT2D eigenvalue weighted by Gasteiger charge is 2.30. The van der Waals surface area contributed by atoms with Gasteiger partial charge in [-0.3, -0.25) is 4.79 Å². The van der Waals surface area contributed by atoms with Gasteiger partial charge in [-0.1, -0.05) is 12.1 Å². The first kappa shape index (κ1) is 14.5. The van der Waals surface area contributed by atoms with Crippen molar-refractivity contribution in [2.75, 3.05) is 13.2 Å². The third kappa shape index (κ3) is 3.46. The lowest BCUT2D eigenvalue weighted by Crippen LogP contribution is -2.19. The van der Waals surface area contributed by atoms with Crippen molar-refractivity contribution in [1.82, 2.24) is 0 Å². The van der Waals surface area contributed by atoms with Gasteiger partial charge in [0, 0.05) is 0 Å². The highest BCUT2D eigenvalue weighted by molar-refractivity contribution is 5.78. The number of ether oxygens (including phenoxy) is 1. The van der Waals surface area contributed by atoms with E-state index >= 15 is 0 Å². The molecule has 1 atom stereocenters. The van der Waals surface area contributed by atoms with Gasteiger partial charge >= 0.3 is 12.1 Å². The van der Waals surface area contributed by atoms with Crippen LogP contribution in [-0.2, 0) is 15.7 Å². The van der Waals surface area contributed by atoms with Crippen LogP contribution in [0.2, 0.25) is 0 Å². The number of aliphatic hydroxyl groups is 1. The third-order valence-electron chi connectivity index (χ3n) is 2.39. The van der Waals surface area contributed by atoms with Gasteiger partial charge in [-0.2, -0.15) is 13.2 Å². The van der Waals surface area contributed by atoms with Crippen molar-refractivity contribution in [3.63, 3.8) is 0 Å². The number of hydrogen-bond donors (Lipinski definition) is 1. The summed E-state index contributed by atoms with van der Waals surface area (Å²) in [7, 11) is 0. The van der Waals surface area contributed by atoms with Crippen molar-refractivity contribution in [2.24, 2.45) is 0 Å². The van der Waals surface area contributed by atoms with Crippen molar-refractivity contribution in [2.45, 2.75) is 19.0 Å². The highest BCUT2D eigenvalue weighted by atomic mass is 19.4. The summed E-state index contributed by atoms with van der Waals surface area (Å²) >= 11 is 0. The summed E-state index contributed by atoms with van der Waals surface area (Å²) in [6.07, 6.45) is -4.42. The Morgan fingerprint density at radius 3 is 2.28 bits per heavy atom. The Morgan fingerprint density at radius 2 is 1.89 bits per heavy atom. The van der Waals surface area contributed by atoms with Crippen LogP contribution in [0, 0.1) is 0 Å². The summed E-state index contributed by atoms with van der Waals surface area (Å²) in [5.74, 6) is -1.60. The minimum atomic E-state index is -4.42. The lowest BCUT2D eigenvalue weighted by molar-refractivity contribution is -0.145. The number of benzene rings is 1. The molecule has 0 spiro atoms. The van der Waals surface area contributed by atoms with Crippen molar-refractivity contribution in [3.05, 3.63) is 35.4 Å². The summed E-state index contributed by atoms with van der Waals surface area (Å²) < 4.78 is 41.7. The Bertz CT molecular complexity index is 398. The molecule has 0 aliphatic heterocycles. The second kappa shape index (κ2) is 5.86. The number of alkyl halides is 3. The quantitative estimate of drug-likeness (QED) is 0.847. The molecule has 0 radical (unpaired) electrons. The van der Waals surface area contributed by atoms with Gasteiger partial charge in [0.2, 0.25) is 0 Å². The number of hydrogen-bond acceptors (Lipinski definition) is 3. The van der Waals surface area contributed by atoms with Gasteiger partial charge in [-0.15, -0.1) is 0 Å². The van der Waals surface area contributed by atoms with E-state index < -0.39 is 30.2 Å². The van der Waals surface area contributed by atoms with Crippen LogP contribution >= 0.6 is 0 Å². The fourth-order valence-corrected chi connectivity index (χ4v) is 1.46. The number of carbonyl (C=O) groups is 1. The molecular weight excluding hydrogens is 249 g/mol. The maximum atomic E-state index is 12.3. The van der Waals surface area contributed by atoms with Crippen LogP contribution in [0.15, 0.2) is 24.3 Å². The molecule has 0 fully saturated rings. The molecule has 0 aliphatic rings. The number of carbonyl (C=O) groups excluding carboxylic acids is 1. The molecule has 1 rings (SSSR count).